The molecule has 0 saturated heterocycles. The molecule has 18 heavy (non-hydrogen) atoms. The Kier molecular flexibility index (Phi) is 3.29. The van der Waals surface area contributed by atoms with E-state index in [1.54, 1.807) is 0 Å². The van der Waals surface area contributed by atoms with Gasteiger partial charge in [-0.05, 0) is 38.3 Å². The van der Waals surface area contributed by atoms with Crippen LogP contribution in [0.2, 0.25) is 0 Å². The monoisotopic (exact) mass is 245 g/mol. The standard InChI is InChI=1S/C16H23NO/c1-3-17-14-10-16(12-5-4-6-12)18-15-8-7-11(2)9-13(14)15/h7-9,12,14,16-17H,3-6,10H2,1-2H3. The van der Waals surface area contributed by atoms with Gasteiger partial charge in [-0.1, -0.05) is 31.0 Å². The fourth-order valence-corrected chi connectivity index (χ4v) is 3.16. The lowest BCUT2D eigenvalue weighted by Gasteiger charge is -2.40. The number of ether oxygens (including phenoxy) is 1. The first-order valence-electron chi connectivity index (χ1n) is 7.28. The summed E-state index contributed by atoms with van der Waals surface area (Å²) < 4.78 is 6.23. The van der Waals surface area contributed by atoms with Gasteiger partial charge in [0.25, 0.3) is 0 Å². The van der Waals surface area contributed by atoms with Crippen molar-refractivity contribution >= 4 is 0 Å². The summed E-state index contributed by atoms with van der Waals surface area (Å²) in [4.78, 5) is 0. The maximum Gasteiger partial charge on any atom is 0.124 e. The van der Waals surface area contributed by atoms with Crippen LogP contribution >= 0.6 is 0 Å². The minimum atomic E-state index is 0.429. The van der Waals surface area contributed by atoms with Crippen molar-refractivity contribution in [3.8, 4) is 5.75 Å². The molecule has 0 amide bonds. The van der Waals surface area contributed by atoms with Crippen LogP contribution in [0, 0.1) is 12.8 Å². The second-order valence-corrected chi connectivity index (χ2v) is 5.73. The average molecular weight is 245 g/mol. The Hall–Kier alpha value is -1.02. The van der Waals surface area contributed by atoms with E-state index >= 15 is 0 Å². The second-order valence-electron chi connectivity index (χ2n) is 5.73. The third kappa shape index (κ3) is 2.14. The Morgan fingerprint density at radius 1 is 1.33 bits per heavy atom. The Balaban J connectivity index is 1.86. The fraction of sp³-hybridized carbons (Fsp3) is 0.625. The number of nitrogens with one attached hydrogen (secondary N) is 1. The lowest BCUT2D eigenvalue weighted by atomic mass is 9.77. The van der Waals surface area contributed by atoms with E-state index in [2.05, 4.69) is 37.4 Å². The summed E-state index contributed by atoms with van der Waals surface area (Å²) in [6.07, 6.45) is 5.65. The SMILES string of the molecule is CCNC1CC(C2CCC2)Oc2ccc(C)cc21. The number of benzene rings is 1. The molecule has 2 atom stereocenters. The topological polar surface area (TPSA) is 21.3 Å². The predicted octanol–water partition coefficient (Wildman–Crippen LogP) is 3.60. The van der Waals surface area contributed by atoms with Crippen molar-refractivity contribution in [1.29, 1.82) is 0 Å². The highest BCUT2D eigenvalue weighted by molar-refractivity contribution is 5.41. The number of hydrogen-bond acceptors (Lipinski definition) is 2. The van der Waals surface area contributed by atoms with Gasteiger partial charge in [0.05, 0.1) is 0 Å². The van der Waals surface area contributed by atoms with Gasteiger partial charge in [-0.25, -0.2) is 0 Å². The highest BCUT2D eigenvalue weighted by Gasteiger charge is 2.35. The summed E-state index contributed by atoms with van der Waals surface area (Å²) >= 11 is 0. The van der Waals surface area contributed by atoms with Crippen LogP contribution in [0.25, 0.3) is 0 Å². The number of fused-ring (bicyclic) bond motifs is 1. The van der Waals surface area contributed by atoms with Crippen LogP contribution in [0.4, 0.5) is 0 Å². The third-order valence-electron chi connectivity index (χ3n) is 4.41. The fourth-order valence-electron chi connectivity index (χ4n) is 3.16. The molecule has 1 heterocycles. The van der Waals surface area contributed by atoms with Crippen molar-refractivity contribution in [2.45, 2.75) is 51.7 Å². The summed E-state index contributed by atoms with van der Waals surface area (Å²) in [5.41, 5.74) is 2.68. The maximum atomic E-state index is 6.23. The summed E-state index contributed by atoms with van der Waals surface area (Å²) in [7, 11) is 0. The van der Waals surface area contributed by atoms with Crippen molar-refractivity contribution in [1.82, 2.24) is 5.32 Å². The zero-order valence-corrected chi connectivity index (χ0v) is 11.4. The summed E-state index contributed by atoms with van der Waals surface area (Å²) in [6, 6.07) is 7.06. The molecule has 2 heteroatoms. The van der Waals surface area contributed by atoms with Gasteiger partial charge in [-0.15, -0.1) is 0 Å². The third-order valence-corrected chi connectivity index (χ3v) is 4.41. The Bertz CT molecular complexity index is 425. The Morgan fingerprint density at radius 3 is 2.83 bits per heavy atom. The quantitative estimate of drug-likeness (QED) is 0.878. The molecule has 0 bridgehead atoms. The van der Waals surface area contributed by atoms with E-state index in [1.165, 1.54) is 30.4 Å². The van der Waals surface area contributed by atoms with E-state index < -0.39 is 0 Å². The second kappa shape index (κ2) is 4.93. The first-order valence-corrected chi connectivity index (χ1v) is 7.28. The molecular formula is C16H23NO. The van der Waals surface area contributed by atoms with E-state index in [9.17, 15) is 0 Å². The van der Waals surface area contributed by atoms with Crippen LogP contribution in [-0.2, 0) is 0 Å². The van der Waals surface area contributed by atoms with Gasteiger partial charge in [0.1, 0.15) is 11.9 Å². The van der Waals surface area contributed by atoms with Crippen LogP contribution in [0.5, 0.6) is 5.75 Å². The molecule has 1 aliphatic carbocycles. The molecule has 2 unspecified atom stereocenters. The van der Waals surface area contributed by atoms with Gasteiger partial charge in [-0.2, -0.15) is 0 Å². The van der Waals surface area contributed by atoms with Crippen LogP contribution in [-0.4, -0.2) is 12.6 Å². The number of aryl methyl sites for hydroxylation is 1. The summed E-state index contributed by atoms with van der Waals surface area (Å²) in [5.74, 6) is 1.90. The van der Waals surface area contributed by atoms with Crippen molar-refractivity contribution in [2.24, 2.45) is 5.92 Å². The molecule has 1 fully saturated rings. The van der Waals surface area contributed by atoms with E-state index in [0.29, 0.717) is 12.1 Å². The van der Waals surface area contributed by atoms with Gasteiger partial charge in [0.2, 0.25) is 0 Å². The smallest absolute Gasteiger partial charge is 0.124 e. The lowest BCUT2D eigenvalue weighted by molar-refractivity contribution is 0.0533. The van der Waals surface area contributed by atoms with Crippen LogP contribution < -0.4 is 10.1 Å². The first-order chi connectivity index (χ1) is 8.78. The Labute approximate surface area is 110 Å². The van der Waals surface area contributed by atoms with Gasteiger partial charge in [0.15, 0.2) is 0 Å². The van der Waals surface area contributed by atoms with E-state index in [1.807, 2.05) is 0 Å². The van der Waals surface area contributed by atoms with Crippen LogP contribution in [0.3, 0.4) is 0 Å². The lowest BCUT2D eigenvalue weighted by Crippen LogP contribution is -2.39. The predicted molar refractivity (Wildman–Crippen MR) is 74.0 cm³/mol. The highest BCUT2D eigenvalue weighted by Crippen LogP contribution is 2.42. The summed E-state index contributed by atoms with van der Waals surface area (Å²) in [5, 5.41) is 3.62. The van der Waals surface area contributed by atoms with Crippen LogP contribution in [0.1, 0.15) is 49.8 Å². The zero-order valence-electron chi connectivity index (χ0n) is 11.4. The summed E-state index contributed by atoms with van der Waals surface area (Å²) in [6.45, 7) is 5.36. The molecule has 2 aliphatic rings. The molecule has 1 aliphatic heterocycles. The molecule has 1 aromatic rings. The molecule has 3 rings (SSSR count). The van der Waals surface area contributed by atoms with Gasteiger partial charge in [0, 0.05) is 18.0 Å². The normalized spacial score (nSPS) is 27.2. The zero-order chi connectivity index (χ0) is 12.5. The van der Waals surface area contributed by atoms with E-state index in [-0.39, 0.29) is 0 Å². The Morgan fingerprint density at radius 2 is 2.17 bits per heavy atom. The molecule has 0 radical (unpaired) electrons. The molecule has 1 saturated carbocycles. The molecule has 98 valence electrons. The minimum Gasteiger partial charge on any atom is -0.490 e. The van der Waals surface area contributed by atoms with E-state index in [0.717, 1.165) is 24.6 Å². The number of rotatable bonds is 3. The molecule has 1 N–H and O–H groups in total. The van der Waals surface area contributed by atoms with Gasteiger partial charge in [-0.3, -0.25) is 0 Å². The van der Waals surface area contributed by atoms with Crippen molar-refractivity contribution in [2.75, 3.05) is 6.54 Å². The maximum absolute atomic E-state index is 6.23. The molecule has 0 aromatic heterocycles. The average Bonchev–Trinajstić information content (AvgIpc) is 2.28. The van der Waals surface area contributed by atoms with Crippen molar-refractivity contribution in [3.63, 3.8) is 0 Å². The van der Waals surface area contributed by atoms with Crippen LogP contribution in [0.15, 0.2) is 18.2 Å². The van der Waals surface area contributed by atoms with Crippen molar-refractivity contribution < 1.29 is 4.74 Å². The number of hydrogen-bond donors (Lipinski definition) is 1. The van der Waals surface area contributed by atoms with E-state index in [4.69, 9.17) is 4.74 Å². The first kappa shape index (κ1) is 12.0. The minimum absolute atomic E-state index is 0.429. The van der Waals surface area contributed by atoms with Gasteiger partial charge < -0.3 is 10.1 Å². The highest BCUT2D eigenvalue weighted by atomic mass is 16.5. The van der Waals surface area contributed by atoms with Gasteiger partial charge >= 0.3 is 0 Å². The molecule has 2 nitrogen and oxygen atoms in total. The largest absolute Gasteiger partial charge is 0.490 e. The molecule has 0 spiro atoms. The molecule has 1 aromatic carbocycles. The molecular weight excluding hydrogens is 222 g/mol. The van der Waals surface area contributed by atoms with Crippen molar-refractivity contribution in [3.05, 3.63) is 29.3 Å².